The van der Waals surface area contributed by atoms with Crippen molar-refractivity contribution < 1.29 is 18.3 Å². The summed E-state index contributed by atoms with van der Waals surface area (Å²) in [5, 5.41) is 14.1. The number of ether oxygens (including phenoxy) is 1. The summed E-state index contributed by atoms with van der Waals surface area (Å²) in [4.78, 5) is 12.7. The normalized spacial score (nSPS) is 12.0. The van der Waals surface area contributed by atoms with Crippen LogP contribution in [0.2, 0.25) is 0 Å². The van der Waals surface area contributed by atoms with Gasteiger partial charge in [0.1, 0.15) is 11.6 Å². The van der Waals surface area contributed by atoms with Crippen molar-refractivity contribution in [1.29, 1.82) is 0 Å². The van der Waals surface area contributed by atoms with Gasteiger partial charge in [0, 0.05) is 30.3 Å². The van der Waals surface area contributed by atoms with Crippen molar-refractivity contribution in [2.75, 3.05) is 13.7 Å². The van der Waals surface area contributed by atoms with Gasteiger partial charge in [0.25, 0.3) is 5.91 Å². The van der Waals surface area contributed by atoms with Crippen LogP contribution >= 0.6 is 0 Å². The van der Waals surface area contributed by atoms with Gasteiger partial charge in [-0.15, -0.1) is 5.10 Å². The Hall–Kier alpha value is -3.20. The third-order valence-electron chi connectivity index (χ3n) is 4.09. The number of rotatable bonds is 6. The van der Waals surface area contributed by atoms with Crippen LogP contribution in [0.15, 0.2) is 36.4 Å². The lowest BCUT2D eigenvalue weighted by atomic mass is 10.0. The van der Waals surface area contributed by atoms with Crippen molar-refractivity contribution in [3.63, 3.8) is 0 Å². The molecule has 1 heterocycles. The van der Waals surface area contributed by atoms with Gasteiger partial charge in [0.2, 0.25) is 0 Å². The summed E-state index contributed by atoms with van der Waals surface area (Å²) >= 11 is 0. The first-order chi connectivity index (χ1) is 13.4. The predicted octanol–water partition coefficient (Wildman–Crippen LogP) is 2.68. The van der Waals surface area contributed by atoms with Crippen molar-refractivity contribution in [3.05, 3.63) is 59.4 Å². The van der Waals surface area contributed by atoms with Gasteiger partial charge in [-0.1, -0.05) is 0 Å². The van der Waals surface area contributed by atoms with E-state index in [-0.39, 0.29) is 23.1 Å². The highest BCUT2D eigenvalue weighted by Gasteiger charge is 2.16. The first kappa shape index (κ1) is 19.6. The Morgan fingerprint density at radius 1 is 1.25 bits per heavy atom. The molecule has 1 atom stereocenters. The molecule has 3 rings (SSSR count). The van der Waals surface area contributed by atoms with Crippen molar-refractivity contribution in [3.8, 4) is 16.8 Å². The van der Waals surface area contributed by atoms with Gasteiger partial charge in [-0.3, -0.25) is 4.79 Å². The van der Waals surface area contributed by atoms with E-state index in [2.05, 4.69) is 20.8 Å². The van der Waals surface area contributed by atoms with Gasteiger partial charge in [0.05, 0.1) is 12.3 Å². The molecule has 9 heteroatoms. The second-order valence-electron chi connectivity index (χ2n) is 6.36. The smallest absolute Gasteiger partial charge is 0.251 e. The topological polar surface area (TPSA) is 81.9 Å². The van der Waals surface area contributed by atoms with Crippen LogP contribution in [0.4, 0.5) is 8.78 Å². The van der Waals surface area contributed by atoms with E-state index in [1.165, 1.54) is 16.8 Å². The maximum absolute atomic E-state index is 14.3. The summed E-state index contributed by atoms with van der Waals surface area (Å²) in [7, 11) is 1.54. The molecule has 2 aromatic carbocycles. The molecule has 0 spiro atoms. The molecule has 146 valence electrons. The van der Waals surface area contributed by atoms with Gasteiger partial charge >= 0.3 is 0 Å². The Kier molecular flexibility index (Phi) is 5.74. The maximum atomic E-state index is 14.3. The van der Waals surface area contributed by atoms with Gasteiger partial charge in [-0.2, -0.15) is 4.68 Å². The molecule has 0 radical (unpaired) electrons. The molecule has 0 aliphatic rings. The number of aromatic nitrogens is 4. The number of benzene rings is 2. The average Bonchev–Trinajstić information content (AvgIpc) is 3.07. The molecule has 0 aliphatic heterocycles. The number of halogens is 2. The summed E-state index contributed by atoms with van der Waals surface area (Å²) in [6.07, 6.45) is 0. The Labute approximate surface area is 160 Å². The lowest BCUT2D eigenvalue weighted by Gasteiger charge is -2.15. The van der Waals surface area contributed by atoms with Crippen LogP contribution in [0.3, 0.4) is 0 Å². The van der Waals surface area contributed by atoms with Crippen LogP contribution in [0.1, 0.15) is 23.1 Å². The largest absolute Gasteiger partial charge is 0.383 e. The van der Waals surface area contributed by atoms with E-state index >= 15 is 0 Å². The first-order valence-corrected chi connectivity index (χ1v) is 8.54. The number of tetrazole rings is 1. The fourth-order valence-electron chi connectivity index (χ4n) is 2.81. The fourth-order valence-corrected chi connectivity index (χ4v) is 2.81. The maximum Gasteiger partial charge on any atom is 0.251 e. The molecular formula is C19H19F2N5O2. The number of carbonyl (C=O) groups is 1. The van der Waals surface area contributed by atoms with Crippen LogP contribution in [-0.4, -0.2) is 45.9 Å². The number of methoxy groups -OCH3 is 1. The van der Waals surface area contributed by atoms with E-state index in [4.69, 9.17) is 4.74 Å². The molecule has 1 amide bonds. The highest BCUT2D eigenvalue weighted by Crippen LogP contribution is 2.27. The highest BCUT2D eigenvalue weighted by atomic mass is 19.1. The second-order valence-corrected chi connectivity index (χ2v) is 6.36. The molecule has 1 unspecified atom stereocenters. The SMILES string of the molecule is COCC(C)NC(=O)c1cc(-c2ccc(F)cc2F)cc(-n2nnnc2C)c1. The molecular weight excluding hydrogens is 368 g/mol. The zero-order valence-electron chi connectivity index (χ0n) is 15.6. The Morgan fingerprint density at radius 2 is 2.04 bits per heavy atom. The minimum atomic E-state index is -0.732. The molecule has 0 aliphatic carbocycles. The number of nitrogens with zero attached hydrogens (tertiary/aromatic N) is 4. The minimum Gasteiger partial charge on any atom is -0.383 e. The summed E-state index contributed by atoms with van der Waals surface area (Å²) in [5.41, 5.74) is 1.32. The van der Waals surface area contributed by atoms with Crippen LogP contribution in [0.25, 0.3) is 16.8 Å². The zero-order valence-corrected chi connectivity index (χ0v) is 15.6. The highest BCUT2D eigenvalue weighted by molar-refractivity contribution is 5.96. The van der Waals surface area contributed by atoms with E-state index in [0.29, 0.717) is 23.7 Å². The third-order valence-corrected chi connectivity index (χ3v) is 4.09. The van der Waals surface area contributed by atoms with Gasteiger partial charge < -0.3 is 10.1 Å². The van der Waals surface area contributed by atoms with Gasteiger partial charge in [-0.05, 0) is 60.2 Å². The average molecular weight is 387 g/mol. The summed E-state index contributed by atoms with van der Waals surface area (Å²) in [6, 6.07) is 7.83. The molecule has 0 saturated carbocycles. The molecule has 1 N–H and O–H groups in total. The van der Waals surface area contributed by atoms with Crippen molar-refractivity contribution in [1.82, 2.24) is 25.5 Å². The number of amides is 1. The van der Waals surface area contributed by atoms with Crippen LogP contribution in [-0.2, 0) is 4.74 Å². The predicted molar refractivity (Wildman–Crippen MR) is 98.0 cm³/mol. The van der Waals surface area contributed by atoms with Crippen molar-refractivity contribution >= 4 is 5.91 Å². The molecule has 3 aromatic rings. The lowest BCUT2D eigenvalue weighted by molar-refractivity contribution is 0.0905. The Balaban J connectivity index is 2.09. The standard InChI is InChI=1S/C19H19F2N5O2/c1-11(10-28-3)22-19(27)14-6-13(17-5-4-15(20)9-18(17)21)7-16(8-14)26-12(2)23-24-25-26/h4-9,11H,10H2,1-3H3,(H,22,27). The number of hydrogen-bond donors (Lipinski definition) is 1. The van der Waals surface area contributed by atoms with Crippen molar-refractivity contribution in [2.24, 2.45) is 0 Å². The number of aryl methyl sites for hydroxylation is 1. The van der Waals surface area contributed by atoms with E-state index in [0.717, 1.165) is 12.1 Å². The third kappa shape index (κ3) is 4.20. The van der Waals surface area contributed by atoms with Gasteiger partial charge in [0.15, 0.2) is 5.82 Å². The summed E-state index contributed by atoms with van der Waals surface area (Å²) in [6.45, 7) is 3.85. The second kappa shape index (κ2) is 8.22. The molecule has 28 heavy (non-hydrogen) atoms. The number of nitrogens with one attached hydrogen (secondary N) is 1. The van der Waals surface area contributed by atoms with E-state index in [1.54, 1.807) is 33.1 Å². The molecule has 7 nitrogen and oxygen atoms in total. The summed E-state index contributed by atoms with van der Waals surface area (Å²) < 4.78 is 34.1. The van der Waals surface area contributed by atoms with Crippen LogP contribution < -0.4 is 5.32 Å². The van der Waals surface area contributed by atoms with E-state index < -0.39 is 11.6 Å². The number of hydrogen-bond acceptors (Lipinski definition) is 5. The van der Waals surface area contributed by atoms with E-state index in [9.17, 15) is 13.6 Å². The van der Waals surface area contributed by atoms with Gasteiger partial charge in [-0.25, -0.2) is 8.78 Å². The molecule has 1 aromatic heterocycles. The van der Waals surface area contributed by atoms with Crippen LogP contribution in [0.5, 0.6) is 0 Å². The monoisotopic (exact) mass is 387 g/mol. The fraction of sp³-hybridized carbons (Fsp3) is 0.263. The van der Waals surface area contributed by atoms with Crippen molar-refractivity contribution in [2.45, 2.75) is 19.9 Å². The first-order valence-electron chi connectivity index (χ1n) is 8.54. The minimum absolute atomic E-state index is 0.160. The lowest BCUT2D eigenvalue weighted by Crippen LogP contribution is -2.35. The van der Waals surface area contributed by atoms with E-state index in [1.807, 2.05) is 0 Å². The Bertz CT molecular complexity index is 1010. The molecule has 0 saturated heterocycles. The Morgan fingerprint density at radius 3 is 2.68 bits per heavy atom. The number of carbonyl (C=O) groups excluding carboxylic acids is 1. The summed E-state index contributed by atoms with van der Waals surface area (Å²) in [5.74, 6) is -1.28. The molecule has 0 bridgehead atoms. The van der Waals surface area contributed by atoms with Crippen LogP contribution in [0, 0.1) is 18.6 Å². The zero-order chi connectivity index (χ0) is 20.3. The quantitative estimate of drug-likeness (QED) is 0.703. The molecule has 0 fully saturated rings.